The molecule has 0 aromatic heterocycles. The van der Waals surface area contributed by atoms with Gasteiger partial charge in [-0.3, -0.25) is 4.79 Å². The summed E-state index contributed by atoms with van der Waals surface area (Å²) < 4.78 is 17.7. The third kappa shape index (κ3) is 8.13. The van der Waals surface area contributed by atoms with Crippen molar-refractivity contribution in [3.63, 3.8) is 0 Å². The molecular weight excluding hydrogens is 474 g/mol. The first kappa shape index (κ1) is 28.3. The first-order chi connectivity index (χ1) is 17.8. The molecule has 1 aliphatic rings. The van der Waals surface area contributed by atoms with Crippen LogP contribution in [0.1, 0.15) is 42.9 Å². The summed E-state index contributed by atoms with van der Waals surface area (Å²) in [6.07, 6.45) is 0.951. The SMILES string of the molecule is C=CCN(C)C[C@@H]1O[C@H](c2ccc(NC(=O)NCC(=O)OCC)cc2)O[C@H](c2ccc(CO)cc2)[C@@H]1C. The van der Waals surface area contributed by atoms with Crippen molar-refractivity contribution in [1.29, 1.82) is 0 Å². The molecule has 1 heterocycles. The highest BCUT2D eigenvalue weighted by molar-refractivity contribution is 5.91. The predicted octanol–water partition coefficient (Wildman–Crippen LogP) is 3.77. The number of carbonyl (C=O) groups excluding carboxylic acids is 2. The molecule has 1 saturated heterocycles. The van der Waals surface area contributed by atoms with Crippen LogP contribution in [0.3, 0.4) is 0 Å². The Morgan fingerprint density at radius 1 is 1.11 bits per heavy atom. The second-order valence-corrected chi connectivity index (χ2v) is 9.07. The zero-order valence-electron chi connectivity index (χ0n) is 21.7. The molecule has 2 amide bonds. The number of rotatable bonds is 11. The van der Waals surface area contributed by atoms with Gasteiger partial charge in [0.25, 0.3) is 0 Å². The Morgan fingerprint density at radius 3 is 2.41 bits per heavy atom. The summed E-state index contributed by atoms with van der Waals surface area (Å²) in [7, 11) is 2.03. The number of likely N-dealkylation sites (N-methyl/N-ethyl adjacent to an activating group) is 1. The van der Waals surface area contributed by atoms with Crippen molar-refractivity contribution in [2.24, 2.45) is 5.92 Å². The Hall–Kier alpha value is -3.24. The van der Waals surface area contributed by atoms with Crippen LogP contribution in [-0.4, -0.2) is 61.4 Å². The number of urea groups is 1. The fraction of sp³-hybridized carbons (Fsp3) is 0.429. The standard InChI is InChI=1S/C28H37N3O6/c1-5-15-31(4)17-24-19(3)26(21-9-7-20(18-32)8-10-21)37-27(36-24)22-11-13-23(14-12-22)30-28(34)29-16-25(33)35-6-2/h5,7-14,19,24,26-27,32H,1,6,15-18H2,2-4H3,(H2,29,30,34)/t19-,24+,26+,27+/m1/s1. The van der Waals surface area contributed by atoms with E-state index in [1.54, 1.807) is 19.1 Å². The molecule has 200 valence electrons. The van der Waals surface area contributed by atoms with Gasteiger partial charge < -0.3 is 34.9 Å². The topological polar surface area (TPSA) is 109 Å². The van der Waals surface area contributed by atoms with E-state index in [1.165, 1.54) is 0 Å². The van der Waals surface area contributed by atoms with Gasteiger partial charge in [0.1, 0.15) is 6.54 Å². The van der Waals surface area contributed by atoms with E-state index in [0.717, 1.165) is 23.2 Å². The average Bonchev–Trinajstić information content (AvgIpc) is 2.89. The predicted molar refractivity (Wildman–Crippen MR) is 141 cm³/mol. The van der Waals surface area contributed by atoms with Crippen LogP contribution >= 0.6 is 0 Å². The highest BCUT2D eigenvalue weighted by Crippen LogP contribution is 2.41. The summed E-state index contributed by atoms with van der Waals surface area (Å²) in [4.78, 5) is 25.7. The van der Waals surface area contributed by atoms with E-state index in [9.17, 15) is 14.7 Å². The lowest BCUT2D eigenvalue weighted by Gasteiger charge is -2.42. The van der Waals surface area contributed by atoms with E-state index in [2.05, 4.69) is 29.0 Å². The van der Waals surface area contributed by atoms with Crippen LogP contribution in [0.15, 0.2) is 61.2 Å². The summed E-state index contributed by atoms with van der Waals surface area (Å²) in [6.45, 7) is 9.14. The van der Waals surface area contributed by atoms with Crippen molar-refractivity contribution in [1.82, 2.24) is 10.2 Å². The smallest absolute Gasteiger partial charge is 0.325 e. The zero-order chi connectivity index (χ0) is 26.8. The van der Waals surface area contributed by atoms with E-state index >= 15 is 0 Å². The Bertz CT molecular complexity index is 1030. The van der Waals surface area contributed by atoms with Gasteiger partial charge in [0.05, 0.1) is 25.4 Å². The molecule has 4 atom stereocenters. The van der Waals surface area contributed by atoms with Crippen molar-refractivity contribution in [2.75, 3.05) is 38.6 Å². The minimum absolute atomic E-state index is 0.0106. The molecule has 3 N–H and O–H groups in total. The Balaban J connectivity index is 1.73. The van der Waals surface area contributed by atoms with E-state index in [4.69, 9.17) is 14.2 Å². The summed E-state index contributed by atoms with van der Waals surface area (Å²) >= 11 is 0. The quantitative estimate of drug-likeness (QED) is 0.311. The molecule has 9 heteroatoms. The van der Waals surface area contributed by atoms with Crippen molar-refractivity contribution >= 4 is 17.7 Å². The molecule has 0 radical (unpaired) electrons. The number of ether oxygens (including phenoxy) is 3. The molecule has 0 bridgehead atoms. The average molecular weight is 512 g/mol. The maximum absolute atomic E-state index is 12.1. The third-order valence-electron chi connectivity index (χ3n) is 6.20. The maximum atomic E-state index is 12.1. The second-order valence-electron chi connectivity index (χ2n) is 9.07. The van der Waals surface area contributed by atoms with Gasteiger partial charge in [0.2, 0.25) is 0 Å². The van der Waals surface area contributed by atoms with Crippen LogP contribution in [0.2, 0.25) is 0 Å². The molecule has 0 aliphatic carbocycles. The lowest BCUT2D eigenvalue weighted by Crippen LogP contribution is -2.43. The molecule has 9 nitrogen and oxygen atoms in total. The molecule has 1 aliphatic heterocycles. The molecule has 0 saturated carbocycles. The number of hydrogen-bond acceptors (Lipinski definition) is 7. The number of anilines is 1. The lowest BCUT2D eigenvalue weighted by molar-refractivity contribution is -0.275. The largest absolute Gasteiger partial charge is 0.465 e. The number of hydrogen-bond donors (Lipinski definition) is 3. The molecule has 37 heavy (non-hydrogen) atoms. The Morgan fingerprint density at radius 2 is 1.78 bits per heavy atom. The summed E-state index contributed by atoms with van der Waals surface area (Å²) in [5.41, 5.74) is 3.24. The number of benzene rings is 2. The van der Waals surface area contributed by atoms with Gasteiger partial charge in [-0.2, -0.15) is 0 Å². The number of carbonyl (C=O) groups is 2. The van der Waals surface area contributed by atoms with Gasteiger partial charge in [-0.15, -0.1) is 6.58 Å². The molecule has 3 rings (SSSR count). The number of esters is 1. The van der Waals surface area contributed by atoms with Gasteiger partial charge in [-0.05, 0) is 37.2 Å². The maximum Gasteiger partial charge on any atom is 0.325 e. The zero-order valence-corrected chi connectivity index (χ0v) is 21.7. The Labute approximate surface area is 218 Å². The number of aliphatic hydroxyl groups is 1. The summed E-state index contributed by atoms with van der Waals surface area (Å²) in [5, 5.41) is 14.6. The molecule has 2 aromatic rings. The van der Waals surface area contributed by atoms with Gasteiger partial charge >= 0.3 is 12.0 Å². The normalized spacial score (nSPS) is 21.3. The van der Waals surface area contributed by atoms with Crippen LogP contribution in [0, 0.1) is 5.92 Å². The Kier molecular flexibility index (Phi) is 10.6. The van der Waals surface area contributed by atoms with E-state index in [-0.39, 0.29) is 37.9 Å². The number of nitrogens with zero attached hydrogens (tertiary/aromatic N) is 1. The first-order valence-electron chi connectivity index (χ1n) is 12.4. The summed E-state index contributed by atoms with van der Waals surface area (Å²) in [6, 6.07) is 14.5. The van der Waals surface area contributed by atoms with Crippen LogP contribution in [0.4, 0.5) is 10.5 Å². The summed E-state index contributed by atoms with van der Waals surface area (Å²) in [5.74, 6) is -0.421. The minimum Gasteiger partial charge on any atom is -0.465 e. The van der Waals surface area contributed by atoms with Crippen LogP contribution in [-0.2, 0) is 25.6 Å². The minimum atomic E-state index is -0.604. The number of amides is 2. The van der Waals surface area contributed by atoms with E-state index in [0.29, 0.717) is 12.2 Å². The molecule has 1 fully saturated rings. The van der Waals surface area contributed by atoms with Gasteiger partial charge in [-0.1, -0.05) is 49.4 Å². The second kappa shape index (κ2) is 13.9. The lowest BCUT2D eigenvalue weighted by atomic mass is 9.90. The molecule has 0 unspecified atom stereocenters. The molecule has 0 spiro atoms. The number of nitrogens with one attached hydrogen (secondary N) is 2. The van der Waals surface area contributed by atoms with Gasteiger partial charge in [0, 0.05) is 30.3 Å². The molecular formula is C28H37N3O6. The first-order valence-corrected chi connectivity index (χ1v) is 12.4. The van der Waals surface area contributed by atoms with Crippen molar-refractivity contribution in [2.45, 2.75) is 39.0 Å². The van der Waals surface area contributed by atoms with Crippen molar-refractivity contribution in [3.05, 3.63) is 77.9 Å². The number of aliphatic hydroxyl groups excluding tert-OH is 1. The van der Waals surface area contributed by atoms with Crippen LogP contribution < -0.4 is 10.6 Å². The highest BCUT2D eigenvalue weighted by Gasteiger charge is 2.38. The van der Waals surface area contributed by atoms with Gasteiger partial charge in [0.15, 0.2) is 6.29 Å². The monoisotopic (exact) mass is 511 g/mol. The highest BCUT2D eigenvalue weighted by atomic mass is 16.7. The molecule has 2 aromatic carbocycles. The van der Waals surface area contributed by atoms with Crippen molar-refractivity contribution < 1.29 is 28.9 Å². The fourth-order valence-corrected chi connectivity index (χ4v) is 4.19. The van der Waals surface area contributed by atoms with Crippen LogP contribution in [0.5, 0.6) is 0 Å². The third-order valence-corrected chi connectivity index (χ3v) is 6.20. The fourth-order valence-electron chi connectivity index (χ4n) is 4.19. The van der Waals surface area contributed by atoms with E-state index < -0.39 is 18.3 Å². The van der Waals surface area contributed by atoms with E-state index in [1.807, 2.05) is 49.5 Å². The van der Waals surface area contributed by atoms with Crippen LogP contribution in [0.25, 0.3) is 0 Å². The van der Waals surface area contributed by atoms with Crippen molar-refractivity contribution in [3.8, 4) is 0 Å². The van der Waals surface area contributed by atoms with Gasteiger partial charge in [-0.25, -0.2) is 4.79 Å².